The molecule has 1 aromatic carbocycles. The molecular weight excluding hydrogens is 146 g/mol. The Balaban J connectivity index is 0.000001000. The highest BCUT2D eigenvalue weighted by molar-refractivity contribution is 5.52. The second-order valence-corrected chi connectivity index (χ2v) is 1.75. The first-order chi connectivity index (χ1) is 4.86. The van der Waals surface area contributed by atoms with Crippen LogP contribution in [0, 0.1) is 4.91 Å². The van der Waals surface area contributed by atoms with Crippen molar-refractivity contribution < 1.29 is 5.21 Å². The summed E-state index contributed by atoms with van der Waals surface area (Å²) in [7, 11) is 0. The average molecular weight is 155 g/mol. The first-order valence-corrected chi connectivity index (χ1v) is 2.70. The molecule has 0 heterocycles. The summed E-state index contributed by atoms with van der Waals surface area (Å²) in [6.45, 7) is 0. The van der Waals surface area contributed by atoms with Crippen molar-refractivity contribution in [2.24, 2.45) is 5.18 Å². The molecule has 0 spiro atoms. The van der Waals surface area contributed by atoms with Crippen LogP contribution >= 0.6 is 0 Å². The molecule has 0 aromatic heterocycles. The van der Waals surface area contributed by atoms with Gasteiger partial charge in [0.15, 0.2) is 0 Å². The smallest absolute Gasteiger partial charge is 0.110 e. The fourth-order valence-electron chi connectivity index (χ4n) is 0.632. The van der Waals surface area contributed by atoms with E-state index < -0.39 is 0 Å². The van der Waals surface area contributed by atoms with Gasteiger partial charge in [-0.15, -0.1) is 4.91 Å². The summed E-state index contributed by atoms with van der Waals surface area (Å²) in [4.78, 5) is 9.92. The fourth-order valence-corrected chi connectivity index (χ4v) is 0.632. The molecule has 0 saturated heterocycles. The molecule has 0 fully saturated rings. The Kier molecular flexibility index (Phi) is 3.79. The molecule has 5 heteroatoms. The summed E-state index contributed by atoms with van der Waals surface area (Å²) in [6, 6.07) is 6.23. The van der Waals surface area contributed by atoms with Crippen LogP contribution in [0.25, 0.3) is 0 Å². The lowest BCUT2D eigenvalue weighted by atomic mass is 10.3. The van der Waals surface area contributed by atoms with Crippen LogP contribution < -0.4 is 11.6 Å². The van der Waals surface area contributed by atoms with E-state index in [-0.39, 0.29) is 6.15 Å². The van der Waals surface area contributed by atoms with E-state index in [1.807, 2.05) is 5.48 Å². The van der Waals surface area contributed by atoms with Gasteiger partial charge in [-0.3, -0.25) is 10.7 Å². The Labute approximate surface area is 63.6 Å². The van der Waals surface area contributed by atoms with E-state index in [0.29, 0.717) is 11.4 Å². The van der Waals surface area contributed by atoms with Gasteiger partial charge in [-0.2, -0.15) is 0 Å². The molecule has 0 aliphatic heterocycles. The van der Waals surface area contributed by atoms with Gasteiger partial charge in [0.05, 0.1) is 5.69 Å². The Hall–Kier alpha value is -1.46. The van der Waals surface area contributed by atoms with E-state index in [1.54, 1.807) is 18.2 Å². The molecule has 0 radical (unpaired) electrons. The summed E-state index contributed by atoms with van der Waals surface area (Å²) in [5.74, 6) is 0. The van der Waals surface area contributed by atoms with Crippen LogP contribution in [-0.4, -0.2) is 5.21 Å². The highest BCUT2D eigenvalue weighted by Crippen LogP contribution is 2.16. The van der Waals surface area contributed by atoms with Gasteiger partial charge in [0.1, 0.15) is 5.69 Å². The van der Waals surface area contributed by atoms with Crippen LogP contribution in [0.3, 0.4) is 0 Å². The Morgan fingerprint density at radius 1 is 1.45 bits per heavy atom. The van der Waals surface area contributed by atoms with Gasteiger partial charge < -0.3 is 6.15 Å². The quantitative estimate of drug-likeness (QED) is 0.449. The predicted octanol–water partition coefficient (Wildman–Crippen LogP) is 2.05. The van der Waals surface area contributed by atoms with Gasteiger partial charge in [0.25, 0.3) is 0 Å². The Bertz CT molecular complexity index is 239. The minimum Gasteiger partial charge on any atom is -0.344 e. The number of hydrogen-bond donors (Lipinski definition) is 3. The Morgan fingerprint density at radius 3 is 2.73 bits per heavy atom. The summed E-state index contributed by atoms with van der Waals surface area (Å²) in [5, 5.41) is 11.0. The van der Waals surface area contributed by atoms with Crippen LogP contribution in [0.1, 0.15) is 0 Å². The maximum absolute atomic E-state index is 9.92. The van der Waals surface area contributed by atoms with Crippen molar-refractivity contribution in [3.8, 4) is 0 Å². The molecule has 0 aliphatic carbocycles. The number of nitroso groups, excluding NO2 is 1. The molecule has 0 atom stereocenters. The van der Waals surface area contributed by atoms with E-state index in [1.165, 1.54) is 6.07 Å². The second-order valence-electron chi connectivity index (χ2n) is 1.75. The van der Waals surface area contributed by atoms with Crippen molar-refractivity contribution in [2.45, 2.75) is 0 Å². The highest BCUT2D eigenvalue weighted by Gasteiger charge is 1.91. The van der Waals surface area contributed by atoms with E-state index in [4.69, 9.17) is 5.21 Å². The summed E-state index contributed by atoms with van der Waals surface area (Å²) in [5.41, 5.74) is 2.65. The van der Waals surface area contributed by atoms with Gasteiger partial charge in [-0.1, -0.05) is 6.07 Å². The van der Waals surface area contributed by atoms with Gasteiger partial charge in [-0.05, 0) is 23.4 Å². The van der Waals surface area contributed by atoms with Crippen molar-refractivity contribution in [3.05, 3.63) is 29.2 Å². The van der Waals surface area contributed by atoms with Crippen molar-refractivity contribution in [1.82, 2.24) is 6.15 Å². The van der Waals surface area contributed by atoms with Crippen molar-refractivity contribution in [1.29, 1.82) is 0 Å². The fraction of sp³-hybridized carbons (Fsp3) is 0. The van der Waals surface area contributed by atoms with Gasteiger partial charge in [0.2, 0.25) is 0 Å². The second kappa shape index (κ2) is 4.37. The van der Waals surface area contributed by atoms with Crippen LogP contribution in [-0.2, 0) is 0 Å². The standard InChI is InChI=1S/C6H6N2O2.H3N/c9-7-5-2-1-3-6(4-5)8-10;/h1-4,7,9H;1H3. The number of hydrogen-bond acceptors (Lipinski definition) is 5. The number of rotatable bonds is 2. The summed E-state index contributed by atoms with van der Waals surface area (Å²) >= 11 is 0. The third-order valence-corrected chi connectivity index (χ3v) is 1.08. The third kappa shape index (κ3) is 2.32. The number of anilines is 1. The molecule has 0 amide bonds. The lowest BCUT2D eigenvalue weighted by Crippen LogP contribution is -1.86. The molecule has 5 N–H and O–H groups in total. The third-order valence-electron chi connectivity index (χ3n) is 1.08. The van der Waals surface area contributed by atoms with Crippen LogP contribution in [0.5, 0.6) is 0 Å². The predicted molar refractivity (Wildman–Crippen MR) is 42.3 cm³/mol. The maximum Gasteiger partial charge on any atom is 0.110 e. The van der Waals surface area contributed by atoms with Crippen molar-refractivity contribution in [3.63, 3.8) is 0 Å². The largest absolute Gasteiger partial charge is 0.344 e. The molecule has 0 aliphatic rings. The number of benzene rings is 1. The molecule has 1 rings (SSSR count). The van der Waals surface area contributed by atoms with Crippen molar-refractivity contribution in [2.75, 3.05) is 5.48 Å². The molecule has 11 heavy (non-hydrogen) atoms. The average Bonchev–Trinajstić information content (AvgIpc) is 2.05. The van der Waals surface area contributed by atoms with Crippen LogP contribution in [0.4, 0.5) is 11.4 Å². The summed E-state index contributed by atoms with van der Waals surface area (Å²) < 4.78 is 0. The minimum atomic E-state index is 0. The molecule has 0 unspecified atom stereocenters. The van der Waals surface area contributed by atoms with Gasteiger partial charge >= 0.3 is 0 Å². The van der Waals surface area contributed by atoms with E-state index in [2.05, 4.69) is 5.18 Å². The molecule has 5 nitrogen and oxygen atoms in total. The van der Waals surface area contributed by atoms with Crippen LogP contribution in [0.15, 0.2) is 29.4 Å². The number of nitrogens with one attached hydrogen (secondary N) is 1. The normalized spacial score (nSPS) is 8.09. The van der Waals surface area contributed by atoms with Gasteiger partial charge in [0, 0.05) is 0 Å². The SMILES string of the molecule is N.O=Nc1cccc(NO)c1. The lowest BCUT2D eigenvalue weighted by Gasteiger charge is -1.95. The van der Waals surface area contributed by atoms with E-state index in [0.717, 1.165) is 0 Å². The first kappa shape index (κ1) is 9.54. The molecule has 0 saturated carbocycles. The highest BCUT2D eigenvalue weighted by atomic mass is 16.5. The lowest BCUT2D eigenvalue weighted by molar-refractivity contribution is 0.389. The molecule has 60 valence electrons. The van der Waals surface area contributed by atoms with Gasteiger partial charge in [-0.25, -0.2) is 0 Å². The molecular formula is C6H9N3O2. The maximum atomic E-state index is 9.92. The zero-order chi connectivity index (χ0) is 7.40. The topological polar surface area (TPSA) is 96.7 Å². The molecule has 0 bridgehead atoms. The molecule has 1 aromatic rings. The number of nitrogens with zero attached hydrogens (tertiary/aromatic N) is 1. The van der Waals surface area contributed by atoms with Crippen LogP contribution in [0.2, 0.25) is 0 Å². The zero-order valence-corrected chi connectivity index (χ0v) is 5.82. The van der Waals surface area contributed by atoms with Crippen molar-refractivity contribution >= 4 is 11.4 Å². The summed E-state index contributed by atoms with van der Waals surface area (Å²) in [6.07, 6.45) is 0. The monoisotopic (exact) mass is 155 g/mol. The van der Waals surface area contributed by atoms with E-state index >= 15 is 0 Å². The zero-order valence-electron chi connectivity index (χ0n) is 5.82. The first-order valence-electron chi connectivity index (χ1n) is 2.70. The van der Waals surface area contributed by atoms with E-state index in [9.17, 15) is 4.91 Å². The Morgan fingerprint density at radius 2 is 2.18 bits per heavy atom. The minimum absolute atomic E-state index is 0.